The van der Waals surface area contributed by atoms with Crippen molar-refractivity contribution in [3.05, 3.63) is 66.1 Å². The predicted molar refractivity (Wildman–Crippen MR) is 101 cm³/mol. The number of carbonyl (C=O) groups excluding carboxylic acids is 1. The van der Waals surface area contributed by atoms with Crippen molar-refractivity contribution in [2.24, 2.45) is 0 Å². The Labute approximate surface area is 165 Å². The van der Waals surface area contributed by atoms with Gasteiger partial charge in [-0.1, -0.05) is 10.3 Å². The van der Waals surface area contributed by atoms with Crippen molar-refractivity contribution in [2.45, 2.75) is 19.8 Å². The number of nitrogens with zero attached hydrogens (tertiary/aromatic N) is 5. The zero-order chi connectivity index (χ0) is 20.1. The summed E-state index contributed by atoms with van der Waals surface area (Å²) in [5.41, 5.74) is 1.97. The van der Waals surface area contributed by atoms with Crippen LogP contribution in [0.15, 0.2) is 57.8 Å². The Bertz CT molecular complexity index is 1090. The Morgan fingerprint density at radius 2 is 1.90 bits per heavy atom. The number of carbonyl (C=O) groups is 1. The third kappa shape index (κ3) is 4.52. The Balaban J connectivity index is 1.25. The van der Waals surface area contributed by atoms with Crippen molar-refractivity contribution in [2.75, 3.05) is 6.61 Å². The molecule has 0 N–H and O–H groups in total. The summed E-state index contributed by atoms with van der Waals surface area (Å²) in [7, 11) is 0. The molecule has 0 saturated carbocycles. The molecule has 0 saturated heterocycles. The molecule has 0 aliphatic rings. The van der Waals surface area contributed by atoms with E-state index in [1.54, 1.807) is 49.6 Å². The van der Waals surface area contributed by atoms with Gasteiger partial charge in [0, 0.05) is 29.9 Å². The summed E-state index contributed by atoms with van der Waals surface area (Å²) >= 11 is 0. The maximum absolute atomic E-state index is 12.2. The van der Waals surface area contributed by atoms with Gasteiger partial charge in [-0.05, 0) is 49.7 Å². The van der Waals surface area contributed by atoms with E-state index >= 15 is 0 Å². The Hall–Kier alpha value is -3.88. The van der Waals surface area contributed by atoms with Crippen molar-refractivity contribution in [1.82, 2.24) is 25.3 Å². The molecule has 146 valence electrons. The van der Waals surface area contributed by atoms with Crippen LogP contribution in [0.3, 0.4) is 0 Å². The summed E-state index contributed by atoms with van der Waals surface area (Å²) in [5, 5.41) is 7.68. The quantitative estimate of drug-likeness (QED) is 0.345. The monoisotopic (exact) mass is 391 g/mol. The first-order valence-electron chi connectivity index (χ1n) is 9.00. The molecule has 3 aromatic heterocycles. The van der Waals surface area contributed by atoms with E-state index < -0.39 is 5.97 Å². The molecule has 0 atom stereocenters. The maximum atomic E-state index is 12.2. The summed E-state index contributed by atoms with van der Waals surface area (Å²) in [4.78, 5) is 24.7. The van der Waals surface area contributed by atoms with Gasteiger partial charge in [-0.2, -0.15) is 9.97 Å². The molecule has 0 unspecified atom stereocenters. The van der Waals surface area contributed by atoms with Gasteiger partial charge in [0.15, 0.2) is 5.82 Å². The van der Waals surface area contributed by atoms with E-state index in [9.17, 15) is 4.79 Å². The summed E-state index contributed by atoms with van der Waals surface area (Å²) < 4.78 is 15.6. The molecule has 1 aromatic carbocycles. The highest BCUT2D eigenvalue weighted by atomic mass is 16.5. The van der Waals surface area contributed by atoms with Crippen LogP contribution in [0.5, 0.6) is 0 Å². The van der Waals surface area contributed by atoms with Gasteiger partial charge in [-0.25, -0.2) is 4.79 Å². The van der Waals surface area contributed by atoms with E-state index in [0.717, 1.165) is 11.1 Å². The zero-order valence-corrected chi connectivity index (χ0v) is 15.6. The summed E-state index contributed by atoms with van der Waals surface area (Å²) in [5.74, 6) is 1.53. The number of hydrogen-bond acceptors (Lipinski definition) is 9. The van der Waals surface area contributed by atoms with Crippen molar-refractivity contribution in [1.29, 1.82) is 0 Å². The topological polar surface area (TPSA) is 117 Å². The first-order chi connectivity index (χ1) is 14.2. The highest BCUT2D eigenvalue weighted by Crippen LogP contribution is 2.18. The van der Waals surface area contributed by atoms with Crippen molar-refractivity contribution in [3.8, 4) is 22.8 Å². The van der Waals surface area contributed by atoms with Crippen molar-refractivity contribution in [3.63, 3.8) is 0 Å². The van der Waals surface area contributed by atoms with Crippen LogP contribution in [-0.2, 0) is 11.2 Å². The number of rotatable bonds is 7. The minimum atomic E-state index is -0.403. The molecule has 9 heteroatoms. The molecule has 0 aliphatic heterocycles. The zero-order valence-electron chi connectivity index (χ0n) is 15.6. The largest absolute Gasteiger partial charge is 0.462 e. The summed E-state index contributed by atoms with van der Waals surface area (Å²) in [6.07, 6.45) is 4.43. The Morgan fingerprint density at radius 1 is 1.03 bits per heavy atom. The third-order valence-electron chi connectivity index (χ3n) is 4.05. The van der Waals surface area contributed by atoms with Crippen LogP contribution in [0.25, 0.3) is 22.8 Å². The summed E-state index contributed by atoms with van der Waals surface area (Å²) in [6.45, 7) is 1.99. The SMILES string of the molecule is Cc1noc(-c2ccc(C(=O)OCCCc3nc(-c4cccnc4)no3)cc2)n1. The van der Waals surface area contributed by atoms with Crippen LogP contribution in [0.4, 0.5) is 0 Å². The van der Waals surface area contributed by atoms with Crippen LogP contribution in [0.2, 0.25) is 0 Å². The van der Waals surface area contributed by atoms with E-state index in [0.29, 0.717) is 41.8 Å². The maximum Gasteiger partial charge on any atom is 0.338 e. The molecule has 0 aliphatic carbocycles. The second-order valence-electron chi connectivity index (χ2n) is 6.22. The van der Waals surface area contributed by atoms with Crippen molar-refractivity contribution < 1.29 is 18.6 Å². The van der Waals surface area contributed by atoms with Gasteiger partial charge in [0.1, 0.15) is 0 Å². The van der Waals surface area contributed by atoms with Gasteiger partial charge < -0.3 is 13.8 Å². The molecule has 0 amide bonds. The Morgan fingerprint density at radius 3 is 2.62 bits per heavy atom. The molecular formula is C20H17N5O4. The number of aryl methyl sites for hydroxylation is 2. The lowest BCUT2D eigenvalue weighted by atomic mass is 10.1. The smallest absolute Gasteiger partial charge is 0.338 e. The van der Waals surface area contributed by atoms with Crippen LogP contribution >= 0.6 is 0 Å². The minimum absolute atomic E-state index is 0.244. The lowest BCUT2D eigenvalue weighted by molar-refractivity contribution is 0.0498. The predicted octanol–water partition coefficient (Wildman–Crippen LogP) is 3.28. The third-order valence-corrected chi connectivity index (χ3v) is 4.05. The first kappa shape index (κ1) is 18.5. The van der Waals surface area contributed by atoms with Gasteiger partial charge >= 0.3 is 5.97 Å². The lowest BCUT2D eigenvalue weighted by Gasteiger charge is -2.04. The van der Waals surface area contributed by atoms with Gasteiger partial charge in [-0.3, -0.25) is 4.98 Å². The first-order valence-corrected chi connectivity index (χ1v) is 9.00. The van der Waals surface area contributed by atoms with Crippen LogP contribution in [0.1, 0.15) is 28.5 Å². The molecule has 0 fully saturated rings. The van der Waals surface area contributed by atoms with E-state index in [-0.39, 0.29) is 6.61 Å². The van der Waals surface area contributed by atoms with E-state index in [1.807, 2.05) is 6.07 Å². The normalized spacial score (nSPS) is 10.8. The van der Waals surface area contributed by atoms with Gasteiger partial charge in [-0.15, -0.1) is 0 Å². The van der Waals surface area contributed by atoms with Crippen LogP contribution in [-0.4, -0.2) is 37.8 Å². The number of hydrogen-bond donors (Lipinski definition) is 0. The summed E-state index contributed by atoms with van der Waals surface area (Å²) in [6, 6.07) is 10.5. The Kier molecular flexibility index (Phi) is 5.37. The molecule has 4 rings (SSSR count). The second-order valence-corrected chi connectivity index (χ2v) is 6.22. The van der Waals surface area contributed by atoms with Gasteiger partial charge in [0.25, 0.3) is 5.89 Å². The molecule has 0 spiro atoms. The fourth-order valence-electron chi connectivity index (χ4n) is 2.60. The fourth-order valence-corrected chi connectivity index (χ4v) is 2.60. The average molecular weight is 391 g/mol. The highest BCUT2D eigenvalue weighted by molar-refractivity contribution is 5.89. The molecule has 3 heterocycles. The highest BCUT2D eigenvalue weighted by Gasteiger charge is 2.12. The molecule has 0 radical (unpaired) electrons. The number of ether oxygens (including phenoxy) is 1. The van der Waals surface area contributed by atoms with E-state index in [4.69, 9.17) is 13.8 Å². The molecule has 29 heavy (non-hydrogen) atoms. The van der Waals surface area contributed by atoms with Gasteiger partial charge in [0.2, 0.25) is 11.7 Å². The number of aromatic nitrogens is 5. The molecular weight excluding hydrogens is 374 g/mol. The van der Waals surface area contributed by atoms with Gasteiger partial charge in [0.05, 0.1) is 12.2 Å². The minimum Gasteiger partial charge on any atom is -0.462 e. The fraction of sp³-hybridized carbons (Fsp3) is 0.200. The van der Waals surface area contributed by atoms with E-state index in [2.05, 4.69) is 25.3 Å². The van der Waals surface area contributed by atoms with Crippen LogP contribution in [0, 0.1) is 6.92 Å². The number of benzene rings is 1. The average Bonchev–Trinajstić information content (AvgIpc) is 3.41. The lowest BCUT2D eigenvalue weighted by Crippen LogP contribution is -2.07. The van der Waals surface area contributed by atoms with Crippen LogP contribution < -0.4 is 0 Å². The second kappa shape index (κ2) is 8.42. The molecule has 0 bridgehead atoms. The number of pyridine rings is 1. The molecule has 9 nitrogen and oxygen atoms in total. The number of esters is 1. The van der Waals surface area contributed by atoms with E-state index in [1.165, 1.54) is 0 Å². The van der Waals surface area contributed by atoms with Crippen molar-refractivity contribution >= 4 is 5.97 Å². The standard InChI is InChI=1S/C20H17N5O4/c1-13-22-19(29-24-13)14-6-8-15(9-7-14)20(26)27-11-3-5-17-23-18(25-28-17)16-4-2-10-21-12-16/h2,4,6-10,12H,3,5,11H2,1H3. The molecule has 4 aromatic rings.